The number of carbonyl (C=O) groups excluding carboxylic acids is 3. The zero-order chi connectivity index (χ0) is 37.9. The molecule has 0 unspecified atom stereocenters. The molecule has 0 aromatic heterocycles. The molecule has 0 saturated heterocycles. The van der Waals surface area contributed by atoms with Crippen LogP contribution in [0.15, 0.2) is 0 Å². The minimum absolute atomic E-state index is 0. The van der Waals surface area contributed by atoms with Gasteiger partial charge in [-0.05, 0) is 13.5 Å². The number of hydrogen-bond donors (Lipinski definition) is 1. The van der Waals surface area contributed by atoms with Crippen molar-refractivity contribution in [1.29, 1.82) is 0 Å². The molecule has 0 saturated carbocycles. The van der Waals surface area contributed by atoms with Gasteiger partial charge in [0.15, 0.2) is 0 Å². The van der Waals surface area contributed by atoms with Gasteiger partial charge < -0.3 is 20.0 Å². The number of carboxylic acid groups (broad SMARTS) is 1. The van der Waals surface area contributed by atoms with Crippen LogP contribution in [0.25, 0.3) is 0 Å². The van der Waals surface area contributed by atoms with E-state index < -0.39 is 65.5 Å². The zero-order valence-electron chi connectivity index (χ0n) is 25.2. The van der Waals surface area contributed by atoms with Crippen LogP contribution in [0.2, 0.25) is 0 Å². The molecule has 6 nitrogen and oxygen atoms in total. The molecule has 0 aromatic carbocycles. The Morgan fingerprint density at radius 3 is 1.21 bits per heavy atom. The van der Waals surface area contributed by atoms with Crippen molar-refractivity contribution < 1.29 is 128 Å². The number of ether oxygens (including phenoxy) is 1. The normalized spacial score (nSPS) is 13.6. The molecule has 0 bridgehead atoms. The molecule has 48 heavy (non-hydrogen) atoms. The molecule has 280 valence electrons. The van der Waals surface area contributed by atoms with Crippen LogP contribution in [0.3, 0.4) is 0 Å². The molecule has 0 atom stereocenters. The first kappa shape index (κ1) is 50.8. The number of alkyl halides is 17. The maximum atomic E-state index is 13.0. The molecule has 0 spiro atoms. The monoisotopic (exact) mass is 757 g/mol. The number of aliphatic carboxylic acids is 1. The fourth-order valence-corrected chi connectivity index (χ4v) is 3.23. The molecular weight excluding hydrogens is 728 g/mol. The Morgan fingerprint density at radius 1 is 0.542 bits per heavy atom. The van der Waals surface area contributed by atoms with E-state index in [-0.39, 0.29) is 36.1 Å². The van der Waals surface area contributed by atoms with Gasteiger partial charge >= 0.3 is 89.1 Å². The van der Waals surface area contributed by atoms with E-state index in [1.807, 2.05) is 0 Å². The average molecular weight is 757 g/mol. The van der Waals surface area contributed by atoms with Crippen LogP contribution >= 0.6 is 0 Å². The molecule has 0 aliphatic carbocycles. The molecule has 0 fully saturated rings. The smallest absolute Gasteiger partial charge is 0.544 e. The van der Waals surface area contributed by atoms with Crippen molar-refractivity contribution >= 4 is 17.9 Å². The van der Waals surface area contributed by atoms with Gasteiger partial charge in [0, 0.05) is 6.42 Å². The van der Waals surface area contributed by atoms with E-state index in [1.54, 1.807) is 7.05 Å². The van der Waals surface area contributed by atoms with E-state index in [0.717, 1.165) is 12.8 Å². The van der Waals surface area contributed by atoms with E-state index in [4.69, 9.17) is 0 Å². The van der Waals surface area contributed by atoms with Crippen LogP contribution < -0.4 is 40.0 Å². The number of rotatable bonds is 19. The van der Waals surface area contributed by atoms with Crippen molar-refractivity contribution in [3.63, 3.8) is 0 Å². The van der Waals surface area contributed by atoms with Gasteiger partial charge in [0.25, 0.3) is 0 Å². The standard InChI is InChI=1S/C15H29NO3.C9HF17O2.Na/c1-3-4-5-6-7-8-9-10-11-12-14(17)19-15(18)13-16-2;10-2(11,1(27)28)3(12,13)4(14,15)5(16,17)6(18,19)7(20,21)8(22,23)9(24,25)26;/h16H,3-13H2,1-2H3;(H,27,28);/q;;+1/p-1. The van der Waals surface area contributed by atoms with E-state index >= 15 is 0 Å². The second-order valence-electron chi connectivity index (χ2n) is 9.76. The van der Waals surface area contributed by atoms with E-state index in [2.05, 4.69) is 17.0 Å². The summed E-state index contributed by atoms with van der Waals surface area (Å²) in [5.41, 5.74) is 0. The minimum Gasteiger partial charge on any atom is -0.544 e. The first-order valence-corrected chi connectivity index (χ1v) is 13.2. The number of carbonyl (C=O) groups is 3. The zero-order valence-corrected chi connectivity index (χ0v) is 27.2. The molecule has 24 heteroatoms. The Morgan fingerprint density at radius 2 is 0.875 bits per heavy atom. The Balaban J connectivity index is -0.000000887. The summed E-state index contributed by atoms with van der Waals surface area (Å²) in [5.74, 6) is -64.4. The van der Waals surface area contributed by atoms with E-state index in [0.29, 0.717) is 6.42 Å². The van der Waals surface area contributed by atoms with E-state index in [1.165, 1.54) is 44.9 Å². The third-order valence-electron chi connectivity index (χ3n) is 6.01. The summed E-state index contributed by atoms with van der Waals surface area (Å²) in [7, 11) is 1.65. The molecule has 0 aromatic rings. The van der Waals surface area contributed by atoms with Crippen LogP contribution in [0.4, 0.5) is 74.6 Å². The number of hydrogen-bond acceptors (Lipinski definition) is 6. The SMILES string of the molecule is CCCCCCCCCCCC(=O)OC(=O)CNC.O=C([O-])C(F)(F)C(F)(F)C(F)(F)C(F)(F)C(F)(F)C(F)(F)C(F)(F)C(F)(F)F.[Na+]. The van der Waals surface area contributed by atoms with Crippen molar-refractivity contribution in [1.82, 2.24) is 5.32 Å². The van der Waals surface area contributed by atoms with Crippen molar-refractivity contribution in [3.05, 3.63) is 0 Å². The van der Waals surface area contributed by atoms with Gasteiger partial charge in [0.1, 0.15) is 5.97 Å². The summed E-state index contributed by atoms with van der Waals surface area (Å²) in [6.45, 7) is 2.31. The minimum atomic E-state index is -8.79. The average Bonchev–Trinajstić information content (AvgIpc) is 2.91. The summed E-state index contributed by atoms with van der Waals surface area (Å²) in [4.78, 5) is 31.9. The van der Waals surface area contributed by atoms with Gasteiger partial charge in [0.05, 0.1) is 6.54 Å². The van der Waals surface area contributed by atoms with Crippen LogP contribution in [0.5, 0.6) is 0 Å². The summed E-state index contributed by atoms with van der Waals surface area (Å²) >= 11 is 0. The predicted molar refractivity (Wildman–Crippen MR) is 123 cm³/mol. The Kier molecular flexibility index (Phi) is 20.2. The molecule has 0 rings (SSSR count). The van der Waals surface area contributed by atoms with Gasteiger partial charge in [-0.15, -0.1) is 0 Å². The van der Waals surface area contributed by atoms with Crippen molar-refractivity contribution in [2.24, 2.45) is 0 Å². The summed E-state index contributed by atoms with van der Waals surface area (Å²) in [5, 5.41) is 12.3. The summed E-state index contributed by atoms with van der Waals surface area (Å²) < 4.78 is 218. The number of unbranched alkanes of at least 4 members (excludes halogenated alkanes) is 8. The second kappa shape index (κ2) is 19.1. The molecule has 1 N–H and O–H groups in total. The van der Waals surface area contributed by atoms with Crippen LogP contribution in [-0.2, 0) is 19.1 Å². The third kappa shape index (κ3) is 11.5. The Labute approximate surface area is 283 Å². The number of carboxylic acids is 1. The van der Waals surface area contributed by atoms with Crippen LogP contribution in [0, 0.1) is 0 Å². The maximum absolute atomic E-state index is 13.0. The van der Waals surface area contributed by atoms with Crippen LogP contribution in [-0.4, -0.2) is 79.1 Å². The van der Waals surface area contributed by atoms with Crippen molar-refractivity contribution in [2.45, 2.75) is 119 Å². The molecule has 0 amide bonds. The molecule has 0 heterocycles. The summed E-state index contributed by atoms with van der Waals surface area (Å²) in [6, 6.07) is 0. The first-order chi connectivity index (χ1) is 20.9. The Hall–Kier alpha value is -1.62. The number of esters is 2. The number of nitrogens with one attached hydrogen (secondary N) is 1. The van der Waals surface area contributed by atoms with E-state index in [9.17, 15) is 94.1 Å². The van der Waals surface area contributed by atoms with Gasteiger partial charge in [-0.2, -0.15) is 74.6 Å². The fourth-order valence-electron chi connectivity index (χ4n) is 3.23. The number of halogens is 17. The van der Waals surface area contributed by atoms with Gasteiger partial charge in [0.2, 0.25) is 0 Å². The van der Waals surface area contributed by atoms with Crippen molar-refractivity contribution in [2.75, 3.05) is 13.6 Å². The second-order valence-corrected chi connectivity index (χ2v) is 9.76. The molecular formula is C24H29F17NNaO5. The maximum Gasteiger partial charge on any atom is 1.00 e. The summed E-state index contributed by atoms with van der Waals surface area (Å²) in [6.07, 6.45) is 3.38. The topological polar surface area (TPSA) is 95.5 Å². The largest absolute Gasteiger partial charge is 1.00 e. The quantitative estimate of drug-likeness (QED) is 0.0706. The molecule has 0 aliphatic heterocycles. The third-order valence-corrected chi connectivity index (χ3v) is 6.01. The number of likely N-dealkylation sites (N-methyl/N-ethyl adjacent to an activating group) is 1. The van der Waals surface area contributed by atoms with Gasteiger partial charge in [-0.3, -0.25) is 9.59 Å². The predicted octanol–water partition coefficient (Wildman–Crippen LogP) is 3.95. The molecule has 0 aliphatic rings. The first-order valence-electron chi connectivity index (χ1n) is 13.2. The van der Waals surface area contributed by atoms with Gasteiger partial charge in [-0.1, -0.05) is 58.3 Å². The van der Waals surface area contributed by atoms with Crippen molar-refractivity contribution in [3.8, 4) is 0 Å². The fraction of sp³-hybridized carbons (Fsp3) is 0.875. The Bertz CT molecular complexity index is 1020. The van der Waals surface area contributed by atoms with Gasteiger partial charge in [-0.25, -0.2) is 0 Å². The van der Waals surface area contributed by atoms with Crippen LogP contribution in [0.1, 0.15) is 71.1 Å². The molecule has 0 radical (unpaired) electrons.